The number of nitrogens with zero attached hydrogens (tertiary/aromatic N) is 5. The van der Waals surface area contributed by atoms with Gasteiger partial charge in [-0.1, -0.05) is 42.5 Å². The van der Waals surface area contributed by atoms with Gasteiger partial charge in [0.05, 0.1) is 6.04 Å². The highest BCUT2D eigenvalue weighted by molar-refractivity contribution is 5.86. The van der Waals surface area contributed by atoms with Crippen LogP contribution in [0, 0.1) is 0 Å². The highest BCUT2D eigenvalue weighted by atomic mass is 15.4. The molecule has 2 aromatic carbocycles. The SMILES string of the molecule is C[C@H](Nc1nc(N2C[C@H](N)C[C@H](N)C2)nc(N2C[C@H](N)C[C@H](N)C2)n1)c1cccc2ccccc12. The van der Waals surface area contributed by atoms with E-state index in [0.29, 0.717) is 44.0 Å². The fourth-order valence-corrected chi connectivity index (χ4v) is 5.28. The molecule has 3 heterocycles. The van der Waals surface area contributed by atoms with Crippen molar-refractivity contribution in [1.82, 2.24) is 15.0 Å². The van der Waals surface area contributed by atoms with Gasteiger partial charge >= 0.3 is 0 Å². The van der Waals surface area contributed by atoms with E-state index in [0.717, 1.165) is 12.8 Å². The number of piperidine rings is 2. The molecule has 2 aliphatic rings. The van der Waals surface area contributed by atoms with Crippen LogP contribution in [0.25, 0.3) is 10.8 Å². The number of nitrogens with one attached hydrogen (secondary N) is 1. The molecule has 0 saturated carbocycles. The summed E-state index contributed by atoms with van der Waals surface area (Å²) in [6, 6.07) is 14.6. The monoisotopic (exact) mass is 476 g/mol. The molecule has 2 saturated heterocycles. The summed E-state index contributed by atoms with van der Waals surface area (Å²) in [5, 5.41) is 5.91. The molecule has 0 aliphatic carbocycles. The van der Waals surface area contributed by atoms with Gasteiger partial charge in [-0.05, 0) is 36.1 Å². The summed E-state index contributed by atoms with van der Waals surface area (Å²) >= 11 is 0. The van der Waals surface area contributed by atoms with Gasteiger partial charge in [0.1, 0.15) is 0 Å². The van der Waals surface area contributed by atoms with E-state index < -0.39 is 0 Å². The second kappa shape index (κ2) is 9.90. The van der Waals surface area contributed by atoms with Gasteiger partial charge in [0.15, 0.2) is 0 Å². The molecule has 10 heteroatoms. The van der Waals surface area contributed by atoms with E-state index in [9.17, 15) is 0 Å². The second-order valence-electron chi connectivity index (χ2n) is 10.0. The fraction of sp³-hybridized carbons (Fsp3) is 0.480. The van der Waals surface area contributed by atoms with Gasteiger partial charge in [-0.3, -0.25) is 0 Å². The maximum absolute atomic E-state index is 6.27. The number of anilines is 3. The van der Waals surface area contributed by atoms with E-state index in [1.807, 2.05) is 0 Å². The molecule has 0 unspecified atom stereocenters. The Hall–Kier alpha value is -3.05. The van der Waals surface area contributed by atoms with Gasteiger partial charge in [0.2, 0.25) is 17.8 Å². The van der Waals surface area contributed by atoms with Crippen LogP contribution in [0.5, 0.6) is 0 Å². The molecule has 0 amide bonds. The summed E-state index contributed by atoms with van der Waals surface area (Å²) in [5.74, 6) is 1.65. The Balaban J connectivity index is 1.49. The largest absolute Gasteiger partial charge is 0.347 e. The van der Waals surface area contributed by atoms with Crippen LogP contribution >= 0.6 is 0 Å². The normalized spacial score (nSPS) is 26.1. The molecule has 0 spiro atoms. The highest BCUT2D eigenvalue weighted by Gasteiger charge is 2.29. The molecule has 0 radical (unpaired) electrons. The van der Waals surface area contributed by atoms with Crippen LogP contribution in [0.2, 0.25) is 0 Å². The lowest BCUT2D eigenvalue weighted by molar-refractivity contribution is 0.441. The van der Waals surface area contributed by atoms with Crippen LogP contribution in [-0.2, 0) is 0 Å². The third-order valence-electron chi connectivity index (χ3n) is 6.84. The lowest BCUT2D eigenvalue weighted by Crippen LogP contribution is -2.54. The number of hydrogen-bond donors (Lipinski definition) is 5. The average Bonchev–Trinajstić information content (AvgIpc) is 2.82. The summed E-state index contributed by atoms with van der Waals surface area (Å²) in [4.78, 5) is 18.5. The summed E-state index contributed by atoms with van der Waals surface area (Å²) in [6.45, 7) is 4.70. The Kier molecular flexibility index (Phi) is 6.70. The number of nitrogens with two attached hydrogens (primary N) is 4. The molecular formula is C25H36N10. The summed E-state index contributed by atoms with van der Waals surface area (Å²) in [6.07, 6.45) is 1.57. The predicted octanol–water partition coefficient (Wildman–Crippen LogP) is 0.927. The topological polar surface area (TPSA) is 161 Å². The first kappa shape index (κ1) is 23.7. The zero-order valence-electron chi connectivity index (χ0n) is 20.2. The molecule has 1 aromatic heterocycles. The van der Waals surface area contributed by atoms with E-state index in [-0.39, 0.29) is 30.2 Å². The Labute approximate surface area is 206 Å². The summed E-state index contributed by atoms with van der Waals surface area (Å²) in [5.41, 5.74) is 26.2. The van der Waals surface area contributed by atoms with Gasteiger partial charge in [-0.15, -0.1) is 0 Å². The Bertz CT molecular complexity index is 1100. The van der Waals surface area contributed by atoms with Crippen LogP contribution in [0.15, 0.2) is 42.5 Å². The van der Waals surface area contributed by atoms with E-state index in [1.54, 1.807) is 0 Å². The Morgan fingerprint density at radius 3 is 1.83 bits per heavy atom. The molecule has 35 heavy (non-hydrogen) atoms. The molecular weight excluding hydrogens is 440 g/mol. The van der Waals surface area contributed by atoms with Crippen molar-refractivity contribution < 1.29 is 0 Å². The Morgan fingerprint density at radius 2 is 1.26 bits per heavy atom. The molecule has 10 nitrogen and oxygen atoms in total. The van der Waals surface area contributed by atoms with Crippen molar-refractivity contribution in [3.63, 3.8) is 0 Å². The number of benzene rings is 2. The molecule has 2 fully saturated rings. The van der Waals surface area contributed by atoms with Crippen molar-refractivity contribution in [3.8, 4) is 0 Å². The van der Waals surface area contributed by atoms with Crippen LogP contribution in [0.1, 0.15) is 31.4 Å². The third kappa shape index (κ3) is 5.30. The van der Waals surface area contributed by atoms with Gasteiger partial charge < -0.3 is 38.1 Å². The lowest BCUT2D eigenvalue weighted by Gasteiger charge is -2.37. The van der Waals surface area contributed by atoms with Crippen LogP contribution in [0.3, 0.4) is 0 Å². The molecule has 9 N–H and O–H groups in total. The molecule has 5 rings (SSSR count). The molecule has 0 bridgehead atoms. The average molecular weight is 477 g/mol. The smallest absolute Gasteiger partial charge is 0.232 e. The van der Waals surface area contributed by atoms with Gasteiger partial charge in [-0.2, -0.15) is 15.0 Å². The van der Waals surface area contributed by atoms with Crippen molar-refractivity contribution in [2.75, 3.05) is 41.3 Å². The molecule has 186 valence electrons. The third-order valence-corrected chi connectivity index (χ3v) is 6.84. The minimum Gasteiger partial charge on any atom is -0.347 e. The summed E-state index contributed by atoms with van der Waals surface area (Å²) in [7, 11) is 0. The number of rotatable bonds is 5. The first-order valence-electron chi connectivity index (χ1n) is 12.4. The lowest BCUT2D eigenvalue weighted by atomic mass is 10.00. The molecule has 3 aromatic rings. The van der Waals surface area contributed by atoms with E-state index in [4.69, 9.17) is 37.9 Å². The zero-order valence-corrected chi connectivity index (χ0v) is 20.2. The first-order valence-corrected chi connectivity index (χ1v) is 12.4. The van der Waals surface area contributed by atoms with Crippen molar-refractivity contribution in [3.05, 3.63) is 48.0 Å². The predicted molar refractivity (Wildman–Crippen MR) is 141 cm³/mol. The number of aromatic nitrogens is 3. The Morgan fingerprint density at radius 1 is 0.743 bits per heavy atom. The highest BCUT2D eigenvalue weighted by Crippen LogP contribution is 2.28. The van der Waals surface area contributed by atoms with Crippen LogP contribution in [-0.4, -0.2) is 65.3 Å². The van der Waals surface area contributed by atoms with Crippen molar-refractivity contribution in [1.29, 1.82) is 0 Å². The zero-order chi connectivity index (χ0) is 24.5. The standard InChI is InChI=1S/C25H36N10/c1-15(21-8-4-6-16-5-2-3-7-22(16)21)30-23-31-24(34-11-17(26)9-18(27)12-34)33-25(32-23)35-13-19(28)10-20(29)14-35/h2-8,15,17-20H,9-14,26-29H2,1H3,(H,30,31,32,33)/t15-,17-,18+,19-,20+/m0/s1. The molecule has 5 atom stereocenters. The molecule has 2 aliphatic heterocycles. The van der Waals surface area contributed by atoms with Gasteiger partial charge in [0.25, 0.3) is 0 Å². The van der Waals surface area contributed by atoms with Crippen LogP contribution < -0.4 is 38.1 Å². The van der Waals surface area contributed by atoms with Crippen LogP contribution in [0.4, 0.5) is 17.8 Å². The second-order valence-corrected chi connectivity index (χ2v) is 10.0. The minimum absolute atomic E-state index is 0.0261. The van der Waals surface area contributed by atoms with E-state index >= 15 is 0 Å². The van der Waals surface area contributed by atoms with Crippen molar-refractivity contribution in [2.45, 2.75) is 50.0 Å². The number of fused-ring (bicyclic) bond motifs is 1. The quantitative estimate of drug-likeness (QED) is 0.358. The number of hydrogen-bond acceptors (Lipinski definition) is 10. The van der Waals surface area contributed by atoms with Crippen molar-refractivity contribution in [2.24, 2.45) is 22.9 Å². The van der Waals surface area contributed by atoms with Crippen molar-refractivity contribution >= 4 is 28.6 Å². The minimum atomic E-state index is -0.0269. The maximum atomic E-state index is 6.27. The van der Waals surface area contributed by atoms with Gasteiger partial charge in [-0.25, -0.2) is 0 Å². The van der Waals surface area contributed by atoms with E-state index in [1.165, 1.54) is 16.3 Å². The maximum Gasteiger partial charge on any atom is 0.232 e. The van der Waals surface area contributed by atoms with E-state index in [2.05, 4.69) is 64.5 Å². The summed E-state index contributed by atoms with van der Waals surface area (Å²) < 4.78 is 0. The fourth-order valence-electron chi connectivity index (χ4n) is 5.28. The van der Waals surface area contributed by atoms with Gasteiger partial charge in [0, 0.05) is 50.3 Å². The first-order chi connectivity index (χ1) is 16.9.